The lowest BCUT2D eigenvalue weighted by Crippen LogP contribution is -2.55. The number of rotatable bonds is 49. The Morgan fingerprint density at radius 2 is 0.552 bits per heavy atom. The smallest absolute Gasteiger partial charge is 0.305 e. The largest absolute Gasteiger partial charge is 0.481 e. The third kappa shape index (κ3) is 35.5. The van der Waals surface area contributed by atoms with E-state index in [2.05, 4.69) is 52.2 Å². The summed E-state index contributed by atoms with van der Waals surface area (Å²) in [5.41, 5.74) is 41.8. The van der Waals surface area contributed by atoms with Crippen LogP contribution < -0.4 is 71.6 Å². The second kappa shape index (κ2) is 52.1. The average molecular weight is 1720 g/mol. The molecule has 662 valence electrons. The van der Waals surface area contributed by atoms with E-state index >= 15 is 0 Å². The maximum absolute atomic E-state index is 13.6. The van der Waals surface area contributed by atoms with Gasteiger partial charge in [0.05, 0.1) is 90.6 Å². The molecular weight excluding hydrogens is 1610 g/mol. The van der Waals surface area contributed by atoms with E-state index in [-0.39, 0.29) is 88.4 Å². The standard InChI is InChI=1S/C33H40N6O8.2C29H35N5O5/c34-23(17-29(41)42)31(45)36-14-6-11-27(39-32(46)24(35)18-30(43)44)33(47)38-26(13-12-20-7-2-1-3-8-20)28(40)16-21-15-22-9-4-5-10-25(22)37-19-21;30-22(10-6-14-32-28(38)23(31)17-27(36)37)29(39)34-25(13-12-19-7-2-1-3-8-19)26(35)16-20-15-21-9-4-5-11-24(21)33-18-20;30-14-6-11-25(34-28(38)22(31)17-27(36)37)29(39)33-24(13-12-19-7-2-1-3-8-19)26(35)16-20-15-21-9-4-5-10-23(21)32-18-20/h1-5,7-10,15,19,23-24,26-27H,6,11-14,16-18,34-35H2,(H,36,45)(H,38,47)(H,39,46)(H,41,42)(H,43,44);1-5,7-9,11,15,18,22-23,25H,6,10,12-14,16-17,30-31H2,(H,32,38)(H,34,39)(H,36,37);1-5,7-10,15,18,22,24-25H,6,11-14,16-17,30-31H2,(H,33,39)(H,34,38)(H,36,37)/t23-,24-,26+,27-;22-,23-,25+;22-,24+,25-/m000/s1. The number of Topliss-reactive ketones (excluding diaryl/α,β-unsaturated/α-hetero) is 3. The molecule has 6 aromatic carbocycles. The molecule has 0 aliphatic heterocycles. The van der Waals surface area contributed by atoms with Gasteiger partial charge in [0.15, 0.2) is 17.3 Å². The highest BCUT2D eigenvalue weighted by Gasteiger charge is 2.33. The van der Waals surface area contributed by atoms with E-state index < -0.39 is 151 Å². The number of carbonyl (C=O) groups excluding carboxylic acids is 10. The van der Waals surface area contributed by atoms with Crippen molar-refractivity contribution in [2.24, 2.45) is 34.4 Å². The van der Waals surface area contributed by atoms with Gasteiger partial charge in [-0.2, -0.15) is 0 Å². The normalized spacial score (nSPS) is 13.4. The molecule has 0 bridgehead atoms. The minimum absolute atomic E-state index is 0.00167. The fourth-order valence-electron chi connectivity index (χ4n) is 13.2. The van der Waals surface area contributed by atoms with Gasteiger partial charge in [-0.25, -0.2) is 0 Å². The highest BCUT2D eigenvalue weighted by molar-refractivity contribution is 5.98. The number of hydrogen-bond acceptors (Lipinski definition) is 23. The van der Waals surface area contributed by atoms with Crippen molar-refractivity contribution >= 4 is 115 Å². The van der Waals surface area contributed by atoms with E-state index in [1.165, 1.54) is 0 Å². The number of aliphatic carboxylic acids is 4. The first-order valence-corrected chi connectivity index (χ1v) is 41.1. The summed E-state index contributed by atoms with van der Waals surface area (Å²) >= 11 is 0. The molecule has 7 amide bonds. The van der Waals surface area contributed by atoms with Gasteiger partial charge in [0.25, 0.3) is 0 Å². The number of aromatic nitrogens is 3. The lowest BCUT2D eigenvalue weighted by molar-refractivity contribution is -0.140. The van der Waals surface area contributed by atoms with Gasteiger partial charge in [-0.1, -0.05) is 146 Å². The summed E-state index contributed by atoms with van der Waals surface area (Å²) in [7, 11) is 0. The molecule has 0 spiro atoms. The van der Waals surface area contributed by atoms with E-state index in [0.717, 1.165) is 60.5 Å². The van der Waals surface area contributed by atoms with Crippen LogP contribution in [-0.2, 0) is 106 Å². The highest BCUT2D eigenvalue weighted by Crippen LogP contribution is 2.20. The SMILES string of the molecule is NCCC[C@H](NC(=O)[C@@H](N)CC(=O)O)C(=O)N[C@H](CCc1ccccc1)C(=O)Cc1cnc2ccccc2c1.N[C@@H](CC(=O)O)C(=O)NCCC[C@H](N)C(=O)N[C@H](CCc1ccccc1)C(=O)Cc1cnc2ccccc2c1.N[C@@H](CC(=O)O)C(=O)NCCC[C@H](NC(=O)[C@@H](N)CC(=O)O)C(=O)N[C@H](CCc1ccccc1)C(=O)Cc1cnc2ccccc2c1. The molecule has 34 heteroatoms. The Bertz CT molecular complexity index is 5130. The minimum Gasteiger partial charge on any atom is -0.481 e. The molecule has 9 aromatic rings. The lowest BCUT2D eigenvalue weighted by atomic mass is 9.97. The van der Waals surface area contributed by atoms with Crippen molar-refractivity contribution in [2.75, 3.05) is 19.6 Å². The number of hydrogen-bond donors (Lipinski definition) is 17. The molecule has 0 fully saturated rings. The lowest BCUT2D eigenvalue weighted by Gasteiger charge is -2.24. The predicted octanol–water partition coefficient (Wildman–Crippen LogP) is 3.43. The number of aryl methyl sites for hydroxylation is 3. The molecule has 0 aliphatic rings. The number of ketones is 3. The first-order chi connectivity index (χ1) is 59.9. The van der Waals surface area contributed by atoms with E-state index in [0.29, 0.717) is 50.5 Å². The number of para-hydroxylation sites is 3. The van der Waals surface area contributed by atoms with Crippen molar-refractivity contribution in [2.45, 2.75) is 182 Å². The zero-order chi connectivity index (χ0) is 90.7. The number of pyridine rings is 3. The summed E-state index contributed by atoms with van der Waals surface area (Å²) in [5.74, 6) is -10.2. The van der Waals surface area contributed by atoms with Crippen LogP contribution in [0.1, 0.15) is 117 Å². The van der Waals surface area contributed by atoms with Gasteiger partial charge in [-0.15, -0.1) is 0 Å². The molecule has 0 radical (unpaired) electrons. The Labute approximate surface area is 722 Å². The quantitative estimate of drug-likeness (QED) is 0.0243. The number of nitrogens with one attached hydrogen (secondary N) is 7. The zero-order valence-corrected chi connectivity index (χ0v) is 69.2. The Kier molecular flexibility index (Phi) is 41.1. The predicted molar refractivity (Wildman–Crippen MR) is 467 cm³/mol. The maximum Gasteiger partial charge on any atom is 0.305 e. The van der Waals surface area contributed by atoms with Gasteiger partial charge < -0.3 is 92.0 Å². The van der Waals surface area contributed by atoms with Crippen molar-refractivity contribution in [1.29, 1.82) is 0 Å². The molecule has 34 nitrogen and oxygen atoms in total. The van der Waals surface area contributed by atoms with Crippen LogP contribution in [0.5, 0.6) is 0 Å². The Morgan fingerprint density at radius 3 is 0.864 bits per heavy atom. The summed E-state index contributed by atoms with van der Waals surface area (Å²) in [4.78, 5) is 186. The summed E-state index contributed by atoms with van der Waals surface area (Å²) in [6.45, 7) is 0.475. The van der Waals surface area contributed by atoms with Gasteiger partial charge in [0.2, 0.25) is 41.4 Å². The molecule has 0 saturated carbocycles. The van der Waals surface area contributed by atoms with Crippen LogP contribution in [-0.4, -0.2) is 198 Å². The number of amides is 7. The van der Waals surface area contributed by atoms with Gasteiger partial charge in [0, 0.05) is 67.1 Å². The maximum atomic E-state index is 13.6. The van der Waals surface area contributed by atoms with E-state index in [9.17, 15) is 67.1 Å². The van der Waals surface area contributed by atoms with Crippen molar-refractivity contribution in [3.05, 3.63) is 234 Å². The van der Waals surface area contributed by atoms with Crippen molar-refractivity contribution in [3.8, 4) is 0 Å². The molecule has 3 aromatic heterocycles. The second-order valence-electron chi connectivity index (χ2n) is 30.1. The molecule has 10 atom stereocenters. The van der Waals surface area contributed by atoms with E-state index in [4.69, 9.17) is 54.8 Å². The first-order valence-electron chi connectivity index (χ1n) is 41.1. The molecular formula is C91H110N16O18. The minimum atomic E-state index is -1.44. The molecule has 3 heterocycles. The molecule has 0 aliphatic carbocycles. The molecule has 9 rings (SSSR count). The zero-order valence-electron chi connectivity index (χ0n) is 69.2. The second-order valence-corrected chi connectivity index (χ2v) is 30.1. The van der Waals surface area contributed by atoms with Crippen LogP contribution in [0.25, 0.3) is 32.7 Å². The van der Waals surface area contributed by atoms with E-state index in [1.54, 1.807) is 18.6 Å². The molecule has 0 unspecified atom stereocenters. The van der Waals surface area contributed by atoms with Crippen LogP contribution in [0.15, 0.2) is 201 Å². The first kappa shape index (κ1) is 98.6. The van der Waals surface area contributed by atoms with Crippen LogP contribution >= 0.6 is 0 Å². The molecule has 23 N–H and O–H groups in total. The summed E-state index contributed by atoms with van der Waals surface area (Å²) in [5, 5.41) is 56.7. The van der Waals surface area contributed by atoms with Gasteiger partial charge in [-0.05, 0) is 153 Å². The third-order valence-electron chi connectivity index (χ3n) is 20.1. The summed E-state index contributed by atoms with van der Waals surface area (Å²) in [6, 6.07) is 46.4. The van der Waals surface area contributed by atoms with Gasteiger partial charge in [-0.3, -0.25) is 82.1 Å². The number of carbonyl (C=O) groups is 14. The average Bonchev–Trinajstić information content (AvgIpc) is 0.842. The number of nitrogens with zero attached hydrogens (tertiary/aromatic N) is 3. The monoisotopic (exact) mass is 1710 g/mol. The fraction of sp³-hybridized carbons (Fsp3) is 0.352. The Morgan fingerprint density at radius 1 is 0.288 bits per heavy atom. The van der Waals surface area contributed by atoms with Crippen LogP contribution in [0.4, 0.5) is 0 Å². The van der Waals surface area contributed by atoms with Crippen molar-refractivity contribution in [3.63, 3.8) is 0 Å². The topological polar surface area (TPSA) is 599 Å². The summed E-state index contributed by atoms with van der Waals surface area (Å²) in [6.07, 6.45) is 6.88. The number of benzene rings is 6. The van der Waals surface area contributed by atoms with Crippen LogP contribution in [0.3, 0.4) is 0 Å². The van der Waals surface area contributed by atoms with Crippen molar-refractivity contribution in [1.82, 2.24) is 52.2 Å². The third-order valence-corrected chi connectivity index (χ3v) is 20.1. The molecule has 0 saturated heterocycles. The Balaban J connectivity index is 0.000000259. The fourth-order valence-corrected chi connectivity index (χ4v) is 13.2. The van der Waals surface area contributed by atoms with Crippen LogP contribution in [0, 0.1) is 0 Å². The van der Waals surface area contributed by atoms with Gasteiger partial charge >= 0.3 is 23.9 Å². The van der Waals surface area contributed by atoms with Gasteiger partial charge in [0.1, 0.15) is 12.1 Å². The number of carboxylic acids is 4. The number of nitrogens with two attached hydrogens (primary N) is 6. The van der Waals surface area contributed by atoms with E-state index in [1.807, 2.05) is 182 Å². The number of fused-ring (bicyclic) bond motifs is 3. The number of carboxylic acid groups (broad SMARTS) is 4. The Hall–Kier alpha value is -13.5. The highest BCUT2D eigenvalue weighted by atomic mass is 16.4. The van der Waals surface area contributed by atoms with Crippen LogP contribution in [0.2, 0.25) is 0 Å². The van der Waals surface area contributed by atoms with Crippen molar-refractivity contribution < 1.29 is 87.5 Å². The summed E-state index contributed by atoms with van der Waals surface area (Å²) < 4.78 is 0. The molecule has 125 heavy (non-hydrogen) atoms.